The van der Waals surface area contributed by atoms with Crippen molar-refractivity contribution in [1.82, 2.24) is 4.90 Å². The first-order valence-electron chi connectivity index (χ1n) is 10.6. The number of aliphatic hydroxyl groups is 1. The van der Waals surface area contributed by atoms with Gasteiger partial charge in [-0.2, -0.15) is 0 Å². The molecule has 28 heavy (non-hydrogen) atoms. The molecule has 4 heteroatoms. The summed E-state index contributed by atoms with van der Waals surface area (Å²) >= 11 is 0. The summed E-state index contributed by atoms with van der Waals surface area (Å²) in [5, 5.41) is 20.8. The number of nitrogens with zero attached hydrogens (tertiary/aromatic N) is 1. The fourth-order valence-corrected chi connectivity index (χ4v) is 5.14. The summed E-state index contributed by atoms with van der Waals surface area (Å²) < 4.78 is 0. The number of hydrogen-bond acceptors (Lipinski definition) is 3. The lowest BCUT2D eigenvalue weighted by Crippen LogP contribution is -2.36. The number of hydrogen-bond donors (Lipinski definition) is 2. The van der Waals surface area contributed by atoms with Gasteiger partial charge in [0.15, 0.2) is 0 Å². The number of benzene rings is 1. The van der Waals surface area contributed by atoms with Gasteiger partial charge in [-0.1, -0.05) is 41.5 Å². The molecule has 2 aliphatic rings. The standard InChI is InChI=1S/C24H37NO3/c1-23(2,3)19-12-16(13-20(21(19)27)24(4,5)6)22(28)25(7)17-8-14-10-18(26)11-15(14)9-17/h12-15,17-18,26-27H,8-11H2,1-7H3/t14-,15+,17?,18?. The topological polar surface area (TPSA) is 60.8 Å². The monoisotopic (exact) mass is 387 g/mol. The number of amides is 1. The highest BCUT2D eigenvalue weighted by molar-refractivity contribution is 5.95. The fraction of sp³-hybridized carbons (Fsp3) is 0.708. The van der Waals surface area contributed by atoms with E-state index in [1.807, 2.05) is 24.1 Å². The normalized spacial score (nSPS) is 27.7. The average molecular weight is 388 g/mol. The van der Waals surface area contributed by atoms with Crippen molar-refractivity contribution >= 4 is 5.91 Å². The van der Waals surface area contributed by atoms with Gasteiger partial charge in [-0.15, -0.1) is 0 Å². The zero-order valence-electron chi connectivity index (χ0n) is 18.5. The molecule has 1 aromatic carbocycles. The Bertz CT molecular complexity index is 707. The van der Waals surface area contributed by atoms with Gasteiger partial charge in [-0.3, -0.25) is 4.79 Å². The van der Waals surface area contributed by atoms with Crippen LogP contribution >= 0.6 is 0 Å². The molecule has 2 fully saturated rings. The van der Waals surface area contributed by atoms with Crippen LogP contribution in [0.1, 0.15) is 88.7 Å². The number of carbonyl (C=O) groups excluding carboxylic acids is 1. The molecule has 4 nitrogen and oxygen atoms in total. The molecule has 0 aliphatic heterocycles. The molecule has 0 radical (unpaired) electrons. The number of fused-ring (bicyclic) bond motifs is 1. The van der Waals surface area contributed by atoms with E-state index in [1.54, 1.807) is 0 Å². The molecule has 2 N–H and O–H groups in total. The van der Waals surface area contributed by atoms with E-state index in [0.717, 1.165) is 36.8 Å². The van der Waals surface area contributed by atoms with E-state index in [4.69, 9.17) is 0 Å². The molecule has 0 spiro atoms. The molecule has 156 valence electrons. The highest BCUT2D eigenvalue weighted by Crippen LogP contribution is 2.46. The molecule has 0 heterocycles. The van der Waals surface area contributed by atoms with Crippen LogP contribution in [-0.2, 0) is 10.8 Å². The van der Waals surface area contributed by atoms with Crippen LogP contribution in [0.4, 0.5) is 0 Å². The number of phenols is 1. The fourth-order valence-electron chi connectivity index (χ4n) is 5.14. The minimum absolute atomic E-state index is 0.0292. The number of rotatable bonds is 2. The van der Waals surface area contributed by atoms with Crippen molar-refractivity contribution in [2.45, 2.75) is 90.2 Å². The maximum Gasteiger partial charge on any atom is 0.253 e. The summed E-state index contributed by atoms with van der Waals surface area (Å²) in [6.07, 6.45) is 3.58. The zero-order valence-corrected chi connectivity index (χ0v) is 18.5. The molecular formula is C24H37NO3. The van der Waals surface area contributed by atoms with Crippen molar-refractivity contribution in [1.29, 1.82) is 0 Å². The van der Waals surface area contributed by atoms with E-state index < -0.39 is 0 Å². The molecule has 2 aliphatic carbocycles. The van der Waals surface area contributed by atoms with Gasteiger partial charge in [0.25, 0.3) is 5.91 Å². The van der Waals surface area contributed by atoms with Gasteiger partial charge in [0.1, 0.15) is 5.75 Å². The molecule has 2 unspecified atom stereocenters. The van der Waals surface area contributed by atoms with Crippen LogP contribution in [0.2, 0.25) is 0 Å². The van der Waals surface area contributed by atoms with Gasteiger partial charge in [0.2, 0.25) is 0 Å². The SMILES string of the molecule is CN(C(=O)c1cc(C(C)(C)C)c(O)c(C(C)(C)C)c1)C1C[C@H]2CC(O)C[C@H]2C1. The Morgan fingerprint density at radius 2 is 1.36 bits per heavy atom. The quantitative estimate of drug-likeness (QED) is 0.779. The van der Waals surface area contributed by atoms with Crippen molar-refractivity contribution in [3.63, 3.8) is 0 Å². The van der Waals surface area contributed by atoms with Gasteiger partial charge >= 0.3 is 0 Å². The first kappa shape index (κ1) is 21.2. The third-order valence-electron chi connectivity index (χ3n) is 6.81. The molecule has 1 amide bonds. The Labute approximate surface area is 169 Å². The summed E-state index contributed by atoms with van der Waals surface area (Å²) in [5.41, 5.74) is 1.80. The lowest BCUT2D eigenvalue weighted by atomic mass is 9.78. The van der Waals surface area contributed by atoms with Crippen molar-refractivity contribution in [2.24, 2.45) is 11.8 Å². The largest absolute Gasteiger partial charge is 0.507 e. The van der Waals surface area contributed by atoms with E-state index in [0.29, 0.717) is 23.1 Å². The van der Waals surface area contributed by atoms with E-state index in [9.17, 15) is 15.0 Å². The number of carbonyl (C=O) groups is 1. The van der Waals surface area contributed by atoms with Crippen molar-refractivity contribution < 1.29 is 15.0 Å². The Balaban J connectivity index is 1.91. The van der Waals surface area contributed by atoms with Crippen LogP contribution in [0.5, 0.6) is 5.75 Å². The van der Waals surface area contributed by atoms with Crippen LogP contribution in [0.3, 0.4) is 0 Å². The van der Waals surface area contributed by atoms with Crippen LogP contribution < -0.4 is 0 Å². The Morgan fingerprint density at radius 3 is 1.75 bits per heavy atom. The lowest BCUT2D eigenvalue weighted by Gasteiger charge is -2.30. The summed E-state index contributed by atoms with van der Waals surface area (Å²) in [6, 6.07) is 3.99. The van der Waals surface area contributed by atoms with Crippen LogP contribution in [0.15, 0.2) is 12.1 Å². The van der Waals surface area contributed by atoms with Crippen molar-refractivity contribution in [2.75, 3.05) is 7.05 Å². The van der Waals surface area contributed by atoms with Crippen molar-refractivity contribution in [3.8, 4) is 5.75 Å². The molecule has 1 aromatic rings. The van der Waals surface area contributed by atoms with Crippen LogP contribution in [0, 0.1) is 11.8 Å². The second-order valence-electron chi connectivity index (χ2n) is 11.1. The van der Waals surface area contributed by atoms with Crippen molar-refractivity contribution in [3.05, 3.63) is 28.8 Å². The van der Waals surface area contributed by atoms with Crippen LogP contribution in [-0.4, -0.2) is 40.2 Å². The number of phenolic OH excluding ortho intramolecular Hbond substituents is 1. The average Bonchev–Trinajstić information content (AvgIpc) is 3.08. The highest BCUT2D eigenvalue weighted by Gasteiger charge is 2.43. The maximum absolute atomic E-state index is 13.4. The Hall–Kier alpha value is -1.55. The summed E-state index contributed by atoms with van der Waals surface area (Å²) in [4.78, 5) is 15.3. The number of aliphatic hydroxyl groups excluding tert-OH is 1. The minimum atomic E-state index is -0.251. The summed E-state index contributed by atoms with van der Waals surface area (Å²) in [5.74, 6) is 1.43. The minimum Gasteiger partial charge on any atom is -0.507 e. The summed E-state index contributed by atoms with van der Waals surface area (Å²) in [7, 11) is 1.91. The smallest absolute Gasteiger partial charge is 0.253 e. The van der Waals surface area contributed by atoms with E-state index in [2.05, 4.69) is 41.5 Å². The van der Waals surface area contributed by atoms with E-state index >= 15 is 0 Å². The molecule has 2 saturated carbocycles. The summed E-state index contributed by atoms with van der Waals surface area (Å²) in [6.45, 7) is 12.4. The van der Waals surface area contributed by atoms with Gasteiger partial charge < -0.3 is 15.1 Å². The highest BCUT2D eigenvalue weighted by atomic mass is 16.3. The second-order valence-corrected chi connectivity index (χ2v) is 11.1. The first-order chi connectivity index (χ1) is 12.8. The molecule has 4 atom stereocenters. The molecule has 0 bridgehead atoms. The number of aromatic hydroxyl groups is 1. The van der Waals surface area contributed by atoms with Gasteiger partial charge in [-0.25, -0.2) is 0 Å². The van der Waals surface area contributed by atoms with E-state index in [-0.39, 0.29) is 28.9 Å². The molecule has 3 rings (SSSR count). The molecule has 0 aromatic heterocycles. The first-order valence-corrected chi connectivity index (χ1v) is 10.6. The third-order valence-corrected chi connectivity index (χ3v) is 6.81. The van der Waals surface area contributed by atoms with Crippen LogP contribution in [0.25, 0.3) is 0 Å². The molecule has 0 saturated heterocycles. The maximum atomic E-state index is 13.4. The Kier molecular flexibility index (Phi) is 5.33. The Morgan fingerprint density at radius 1 is 0.929 bits per heavy atom. The van der Waals surface area contributed by atoms with E-state index in [1.165, 1.54) is 0 Å². The second kappa shape index (κ2) is 7.05. The predicted octanol–water partition coefficient (Wildman–Crippen LogP) is 4.61. The van der Waals surface area contributed by atoms with Gasteiger partial charge in [0, 0.05) is 29.8 Å². The zero-order chi connectivity index (χ0) is 21.0. The third kappa shape index (κ3) is 3.94. The molecular weight excluding hydrogens is 350 g/mol. The predicted molar refractivity (Wildman–Crippen MR) is 113 cm³/mol. The lowest BCUT2D eigenvalue weighted by molar-refractivity contribution is 0.0722. The van der Waals surface area contributed by atoms with Gasteiger partial charge in [0.05, 0.1) is 6.10 Å². The van der Waals surface area contributed by atoms with Gasteiger partial charge in [-0.05, 0) is 60.5 Å².